The summed E-state index contributed by atoms with van der Waals surface area (Å²) in [6.07, 6.45) is 4.09. The molecule has 0 aliphatic carbocycles. The zero-order valence-corrected chi connectivity index (χ0v) is 8.00. The quantitative estimate of drug-likeness (QED) is 0.511. The first-order valence-electron chi connectivity index (χ1n) is 4.83. The first kappa shape index (κ1) is 10.2. The van der Waals surface area contributed by atoms with E-state index in [4.69, 9.17) is 5.26 Å². The van der Waals surface area contributed by atoms with Crippen molar-refractivity contribution in [3.63, 3.8) is 0 Å². The Morgan fingerprint density at radius 2 is 2.54 bits per heavy atom. The molecule has 1 atom stereocenters. The van der Waals surface area contributed by atoms with Gasteiger partial charge in [0.25, 0.3) is 0 Å². The standard InChI is InChI=1S/C10H17N3/c1-2-3-4-6-13-7-5-12-9-10(13)8-11/h2,10,12H,1,3-7,9H2. The summed E-state index contributed by atoms with van der Waals surface area (Å²) in [5.74, 6) is 0. The fraction of sp³-hybridized carbons (Fsp3) is 0.700. The van der Waals surface area contributed by atoms with Gasteiger partial charge in [-0.3, -0.25) is 4.90 Å². The third kappa shape index (κ3) is 3.17. The lowest BCUT2D eigenvalue weighted by Gasteiger charge is -2.31. The lowest BCUT2D eigenvalue weighted by molar-refractivity contribution is 0.196. The molecule has 1 aliphatic rings. The molecule has 72 valence electrons. The molecule has 1 saturated heterocycles. The van der Waals surface area contributed by atoms with E-state index in [0.717, 1.165) is 39.0 Å². The summed E-state index contributed by atoms with van der Waals surface area (Å²) in [6, 6.07) is 2.39. The molecule has 0 spiro atoms. The van der Waals surface area contributed by atoms with Gasteiger partial charge in [0.15, 0.2) is 0 Å². The van der Waals surface area contributed by atoms with Crippen molar-refractivity contribution in [1.82, 2.24) is 10.2 Å². The lowest BCUT2D eigenvalue weighted by atomic mass is 10.2. The van der Waals surface area contributed by atoms with E-state index >= 15 is 0 Å². The Morgan fingerprint density at radius 3 is 3.23 bits per heavy atom. The van der Waals surface area contributed by atoms with Gasteiger partial charge in [0.05, 0.1) is 6.07 Å². The highest BCUT2D eigenvalue weighted by molar-refractivity contribution is 4.96. The van der Waals surface area contributed by atoms with Crippen LogP contribution in [0.15, 0.2) is 12.7 Å². The van der Waals surface area contributed by atoms with E-state index in [1.807, 2.05) is 6.08 Å². The first-order valence-corrected chi connectivity index (χ1v) is 4.83. The molecule has 3 nitrogen and oxygen atoms in total. The number of hydrogen-bond donors (Lipinski definition) is 1. The van der Waals surface area contributed by atoms with Crippen LogP contribution in [-0.4, -0.2) is 37.1 Å². The average Bonchev–Trinajstić information content (AvgIpc) is 2.19. The number of hydrogen-bond acceptors (Lipinski definition) is 3. The van der Waals surface area contributed by atoms with Crippen LogP contribution in [0.1, 0.15) is 12.8 Å². The van der Waals surface area contributed by atoms with Crippen molar-refractivity contribution in [1.29, 1.82) is 5.26 Å². The topological polar surface area (TPSA) is 39.1 Å². The number of nitrogens with one attached hydrogen (secondary N) is 1. The van der Waals surface area contributed by atoms with Crippen LogP contribution >= 0.6 is 0 Å². The lowest BCUT2D eigenvalue weighted by Crippen LogP contribution is -2.50. The third-order valence-electron chi connectivity index (χ3n) is 2.36. The van der Waals surface area contributed by atoms with E-state index in [2.05, 4.69) is 22.9 Å². The van der Waals surface area contributed by atoms with Gasteiger partial charge in [-0.25, -0.2) is 0 Å². The number of piperazine rings is 1. The molecule has 0 saturated carbocycles. The second-order valence-electron chi connectivity index (χ2n) is 3.32. The molecule has 0 aromatic heterocycles. The summed E-state index contributed by atoms with van der Waals surface area (Å²) < 4.78 is 0. The fourth-order valence-corrected chi connectivity index (χ4v) is 1.58. The molecule has 1 fully saturated rings. The fourth-order valence-electron chi connectivity index (χ4n) is 1.58. The highest BCUT2D eigenvalue weighted by Crippen LogP contribution is 2.04. The monoisotopic (exact) mass is 179 g/mol. The van der Waals surface area contributed by atoms with Crippen molar-refractivity contribution in [2.24, 2.45) is 0 Å². The van der Waals surface area contributed by atoms with E-state index in [9.17, 15) is 0 Å². The molecule has 1 rings (SSSR count). The highest BCUT2D eigenvalue weighted by Gasteiger charge is 2.20. The SMILES string of the molecule is C=CCCCN1CCNCC1C#N. The predicted molar refractivity (Wildman–Crippen MR) is 53.3 cm³/mol. The van der Waals surface area contributed by atoms with Crippen molar-refractivity contribution in [3.05, 3.63) is 12.7 Å². The molecule has 0 bridgehead atoms. The molecule has 0 amide bonds. The van der Waals surface area contributed by atoms with Crippen LogP contribution in [-0.2, 0) is 0 Å². The molecule has 3 heteroatoms. The summed E-state index contributed by atoms with van der Waals surface area (Å²) in [5.41, 5.74) is 0. The summed E-state index contributed by atoms with van der Waals surface area (Å²) in [4.78, 5) is 2.25. The molecule has 0 aromatic rings. The first-order chi connectivity index (χ1) is 6.38. The van der Waals surface area contributed by atoms with Gasteiger partial charge < -0.3 is 5.32 Å². The van der Waals surface area contributed by atoms with E-state index in [0.29, 0.717) is 0 Å². The van der Waals surface area contributed by atoms with Gasteiger partial charge >= 0.3 is 0 Å². The van der Waals surface area contributed by atoms with E-state index in [1.54, 1.807) is 0 Å². The van der Waals surface area contributed by atoms with Gasteiger partial charge in [-0.1, -0.05) is 6.08 Å². The zero-order chi connectivity index (χ0) is 9.52. The van der Waals surface area contributed by atoms with Crippen molar-refractivity contribution in [2.75, 3.05) is 26.2 Å². The van der Waals surface area contributed by atoms with Gasteiger partial charge in [0.1, 0.15) is 6.04 Å². The Hall–Kier alpha value is -0.850. The predicted octanol–water partition coefficient (Wildman–Crippen LogP) is 0.750. The summed E-state index contributed by atoms with van der Waals surface area (Å²) in [5, 5.41) is 12.1. The number of nitriles is 1. The average molecular weight is 179 g/mol. The van der Waals surface area contributed by atoms with Crippen molar-refractivity contribution >= 4 is 0 Å². The second kappa shape index (κ2) is 5.74. The number of allylic oxidation sites excluding steroid dienone is 1. The Balaban J connectivity index is 2.28. The molecule has 1 heterocycles. The second-order valence-corrected chi connectivity index (χ2v) is 3.32. The Labute approximate surface area is 80.0 Å². The van der Waals surface area contributed by atoms with Gasteiger partial charge in [-0.15, -0.1) is 6.58 Å². The summed E-state index contributed by atoms with van der Waals surface area (Å²) in [6.45, 7) is 7.52. The smallest absolute Gasteiger partial charge is 0.110 e. The largest absolute Gasteiger partial charge is 0.313 e. The maximum atomic E-state index is 8.87. The molecule has 1 N–H and O–H groups in total. The summed E-state index contributed by atoms with van der Waals surface area (Å²) >= 11 is 0. The van der Waals surface area contributed by atoms with E-state index in [-0.39, 0.29) is 6.04 Å². The molecule has 13 heavy (non-hydrogen) atoms. The van der Waals surface area contributed by atoms with Crippen LogP contribution in [0.2, 0.25) is 0 Å². The van der Waals surface area contributed by atoms with Crippen molar-refractivity contribution < 1.29 is 0 Å². The van der Waals surface area contributed by atoms with Crippen LogP contribution in [0.5, 0.6) is 0 Å². The number of nitrogens with zero attached hydrogens (tertiary/aromatic N) is 2. The molecular formula is C10H17N3. The maximum Gasteiger partial charge on any atom is 0.110 e. The Morgan fingerprint density at radius 1 is 1.69 bits per heavy atom. The van der Waals surface area contributed by atoms with E-state index in [1.165, 1.54) is 0 Å². The van der Waals surface area contributed by atoms with Gasteiger partial charge in [-0.2, -0.15) is 5.26 Å². The Kier molecular flexibility index (Phi) is 4.52. The van der Waals surface area contributed by atoms with Crippen LogP contribution < -0.4 is 5.32 Å². The normalized spacial score (nSPS) is 23.8. The molecule has 1 unspecified atom stereocenters. The molecular weight excluding hydrogens is 162 g/mol. The maximum absolute atomic E-state index is 8.87. The van der Waals surface area contributed by atoms with Crippen molar-refractivity contribution in [2.45, 2.75) is 18.9 Å². The van der Waals surface area contributed by atoms with Gasteiger partial charge in [0, 0.05) is 19.6 Å². The number of rotatable bonds is 4. The van der Waals surface area contributed by atoms with Crippen LogP contribution in [0.25, 0.3) is 0 Å². The van der Waals surface area contributed by atoms with Crippen LogP contribution in [0.4, 0.5) is 0 Å². The molecule has 0 aromatic carbocycles. The van der Waals surface area contributed by atoms with Crippen LogP contribution in [0, 0.1) is 11.3 Å². The molecule has 1 aliphatic heterocycles. The van der Waals surface area contributed by atoms with Crippen LogP contribution in [0.3, 0.4) is 0 Å². The van der Waals surface area contributed by atoms with Crippen molar-refractivity contribution in [3.8, 4) is 6.07 Å². The minimum atomic E-state index is 0.0681. The minimum absolute atomic E-state index is 0.0681. The number of unbranched alkanes of at least 4 members (excludes halogenated alkanes) is 1. The van der Waals surface area contributed by atoms with Gasteiger partial charge in [-0.05, 0) is 19.4 Å². The third-order valence-corrected chi connectivity index (χ3v) is 2.36. The minimum Gasteiger partial charge on any atom is -0.313 e. The zero-order valence-electron chi connectivity index (χ0n) is 8.00. The van der Waals surface area contributed by atoms with Gasteiger partial charge in [0.2, 0.25) is 0 Å². The summed E-state index contributed by atoms with van der Waals surface area (Å²) in [7, 11) is 0. The molecule has 0 radical (unpaired) electrons. The Bertz CT molecular complexity index is 195. The van der Waals surface area contributed by atoms with E-state index < -0.39 is 0 Å². The highest BCUT2D eigenvalue weighted by atomic mass is 15.2.